The Balaban J connectivity index is 4.84. The molecule has 13 heavy (non-hydrogen) atoms. The van der Waals surface area contributed by atoms with Crippen LogP contribution in [0.15, 0.2) is 0 Å². The van der Waals surface area contributed by atoms with Gasteiger partial charge in [0.05, 0.1) is 0 Å². The van der Waals surface area contributed by atoms with Crippen molar-refractivity contribution in [1.82, 2.24) is 0 Å². The van der Waals surface area contributed by atoms with E-state index in [2.05, 4.69) is 0 Å². The second-order valence-electron chi connectivity index (χ2n) is 1.99. The highest BCUT2D eigenvalue weighted by Crippen LogP contribution is 2.40. The molecule has 0 spiro atoms. The van der Waals surface area contributed by atoms with Crippen molar-refractivity contribution in [2.45, 2.75) is 13.5 Å². The van der Waals surface area contributed by atoms with Gasteiger partial charge in [0, 0.05) is 0 Å². The van der Waals surface area contributed by atoms with Crippen LogP contribution in [0.5, 0.6) is 0 Å². The molecule has 0 aliphatic rings. The standard InChI is InChI=1S/C5H2Cl6O2/c6-2(1-12)4(7,8)3(13)5(9,10)11/h1-2H. The summed E-state index contributed by atoms with van der Waals surface area (Å²) in [5, 5.41) is -1.47. The molecule has 0 saturated carbocycles. The molecule has 0 saturated heterocycles. The first-order chi connectivity index (χ1) is 5.64. The lowest BCUT2D eigenvalue weighted by molar-refractivity contribution is -0.120. The molecule has 0 bridgehead atoms. The molecule has 2 nitrogen and oxygen atoms in total. The Morgan fingerprint density at radius 2 is 1.54 bits per heavy atom. The van der Waals surface area contributed by atoms with E-state index in [0.717, 1.165) is 0 Å². The molecule has 0 aromatic carbocycles. The van der Waals surface area contributed by atoms with E-state index in [1.54, 1.807) is 0 Å². The number of ketones is 1. The van der Waals surface area contributed by atoms with Gasteiger partial charge in [-0.1, -0.05) is 58.0 Å². The highest BCUT2D eigenvalue weighted by atomic mass is 35.6. The number of hydrogen-bond acceptors (Lipinski definition) is 2. The Kier molecular flexibility index (Phi) is 5.13. The van der Waals surface area contributed by atoms with Crippen molar-refractivity contribution < 1.29 is 9.59 Å². The monoisotopic (exact) mass is 304 g/mol. The zero-order valence-electron chi connectivity index (χ0n) is 5.74. The Hall–Kier alpha value is 1.08. The predicted molar refractivity (Wildman–Crippen MR) is 55.4 cm³/mol. The van der Waals surface area contributed by atoms with Crippen LogP contribution in [0.25, 0.3) is 0 Å². The highest BCUT2D eigenvalue weighted by Gasteiger charge is 2.50. The van der Waals surface area contributed by atoms with Crippen LogP contribution in [0, 0.1) is 0 Å². The lowest BCUT2D eigenvalue weighted by Gasteiger charge is -2.23. The highest BCUT2D eigenvalue weighted by molar-refractivity contribution is 6.81. The minimum Gasteiger partial charge on any atom is -0.302 e. The lowest BCUT2D eigenvalue weighted by atomic mass is 10.2. The van der Waals surface area contributed by atoms with E-state index in [1.165, 1.54) is 0 Å². The number of aldehydes is 1. The molecule has 0 aliphatic heterocycles. The maximum Gasteiger partial charge on any atom is 0.251 e. The second-order valence-corrected chi connectivity index (χ2v) is 6.12. The third-order valence-electron chi connectivity index (χ3n) is 1.03. The van der Waals surface area contributed by atoms with Crippen LogP contribution in [0.4, 0.5) is 0 Å². The van der Waals surface area contributed by atoms with Gasteiger partial charge in [0.15, 0.2) is 0 Å². The molecule has 0 rings (SSSR count). The average Bonchev–Trinajstić information content (AvgIpc) is 1.99. The van der Waals surface area contributed by atoms with Crippen LogP contribution in [0.2, 0.25) is 0 Å². The molecule has 0 N–H and O–H groups in total. The number of carbonyl (C=O) groups excluding carboxylic acids is 2. The van der Waals surface area contributed by atoms with Crippen molar-refractivity contribution >= 4 is 81.7 Å². The summed E-state index contributed by atoms with van der Waals surface area (Å²) in [6.07, 6.45) is 0.176. The predicted octanol–water partition coefficient (Wildman–Crippen LogP) is 2.91. The van der Waals surface area contributed by atoms with Crippen LogP contribution in [-0.2, 0) is 9.59 Å². The summed E-state index contributed by atoms with van der Waals surface area (Å²) in [5.74, 6) is -1.17. The van der Waals surface area contributed by atoms with Crippen LogP contribution >= 0.6 is 69.6 Å². The van der Waals surface area contributed by atoms with Gasteiger partial charge in [-0.25, -0.2) is 0 Å². The van der Waals surface area contributed by atoms with Crippen molar-refractivity contribution in [2.75, 3.05) is 0 Å². The lowest BCUT2D eigenvalue weighted by Crippen LogP contribution is -2.43. The van der Waals surface area contributed by atoms with Crippen LogP contribution in [-0.4, -0.2) is 25.6 Å². The summed E-state index contributed by atoms with van der Waals surface area (Å²) in [7, 11) is 0. The molecule has 0 aliphatic carbocycles. The fourth-order valence-corrected chi connectivity index (χ4v) is 1.62. The van der Waals surface area contributed by atoms with Crippen LogP contribution in [0.1, 0.15) is 0 Å². The molecule has 0 aromatic heterocycles. The molecule has 0 aromatic rings. The van der Waals surface area contributed by atoms with Crippen molar-refractivity contribution in [2.24, 2.45) is 0 Å². The summed E-state index contributed by atoms with van der Waals surface area (Å²) < 4.78 is -4.55. The SMILES string of the molecule is O=CC(Cl)C(Cl)(Cl)C(=O)C(Cl)(Cl)Cl. The fourth-order valence-electron chi connectivity index (χ4n) is 0.400. The summed E-state index contributed by atoms with van der Waals surface area (Å²) in [5.41, 5.74) is 0. The first-order valence-electron chi connectivity index (χ1n) is 2.72. The Morgan fingerprint density at radius 3 is 1.77 bits per heavy atom. The van der Waals surface area contributed by atoms with Gasteiger partial charge >= 0.3 is 0 Å². The van der Waals surface area contributed by atoms with Crippen LogP contribution < -0.4 is 0 Å². The van der Waals surface area contributed by atoms with Gasteiger partial charge in [-0.15, -0.1) is 11.6 Å². The van der Waals surface area contributed by atoms with Gasteiger partial charge in [0.25, 0.3) is 3.79 Å². The fraction of sp³-hybridized carbons (Fsp3) is 0.600. The summed E-state index contributed by atoms with van der Waals surface area (Å²) in [4.78, 5) is 21.4. The molecule has 0 fully saturated rings. The van der Waals surface area contributed by atoms with Crippen LogP contribution in [0.3, 0.4) is 0 Å². The number of carbonyl (C=O) groups is 2. The molecule has 1 atom stereocenters. The van der Waals surface area contributed by atoms with E-state index in [-0.39, 0.29) is 6.29 Å². The van der Waals surface area contributed by atoms with Gasteiger partial charge in [0.2, 0.25) is 10.1 Å². The normalized spacial score (nSPS) is 15.2. The third kappa shape index (κ3) is 3.61. The summed E-state index contributed by atoms with van der Waals surface area (Å²) in [6.45, 7) is 0. The van der Waals surface area contributed by atoms with Crippen molar-refractivity contribution in [1.29, 1.82) is 0 Å². The van der Waals surface area contributed by atoms with Gasteiger partial charge in [-0.05, 0) is 0 Å². The molecule has 0 radical (unpaired) electrons. The third-order valence-corrected chi connectivity index (χ3v) is 3.01. The molecule has 0 heterocycles. The molecule has 0 amide bonds. The second kappa shape index (κ2) is 4.73. The van der Waals surface area contributed by atoms with E-state index in [0.29, 0.717) is 0 Å². The van der Waals surface area contributed by atoms with Gasteiger partial charge in [0.1, 0.15) is 11.7 Å². The first kappa shape index (κ1) is 14.1. The number of halogens is 6. The number of Topliss-reactive ketones (excluding diaryl/α,β-unsaturated/α-hetero) is 1. The zero-order chi connectivity index (χ0) is 10.9. The Morgan fingerprint density at radius 1 is 1.15 bits per heavy atom. The van der Waals surface area contributed by atoms with Gasteiger partial charge in [-0.3, -0.25) is 4.79 Å². The zero-order valence-corrected chi connectivity index (χ0v) is 10.3. The largest absolute Gasteiger partial charge is 0.302 e. The van der Waals surface area contributed by atoms with Gasteiger partial charge < -0.3 is 4.79 Å². The van der Waals surface area contributed by atoms with Gasteiger partial charge in [-0.2, -0.15) is 0 Å². The number of hydrogen-bond donors (Lipinski definition) is 0. The number of rotatable bonds is 3. The maximum atomic E-state index is 11.2. The average molecular weight is 307 g/mol. The molecule has 8 heteroatoms. The topological polar surface area (TPSA) is 34.1 Å². The summed E-state index contributed by atoms with van der Waals surface area (Å²) >= 11 is 31.8. The maximum absolute atomic E-state index is 11.2. The molecule has 1 unspecified atom stereocenters. The Labute approximate surface area is 104 Å². The minimum atomic E-state index is -2.31. The minimum absolute atomic E-state index is 0.176. The first-order valence-corrected chi connectivity index (χ1v) is 5.05. The Bertz CT molecular complexity index is 220. The van der Waals surface area contributed by atoms with E-state index >= 15 is 0 Å². The number of alkyl halides is 6. The van der Waals surface area contributed by atoms with Crippen molar-refractivity contribution in [3.05, 3.63) is 0 Å². The molecular formula is C5H2Cl6O2. The van der Waals surface area contributed by atoms with E-state index in [9.17, 15) is 9.59 Å². The quantitative estimate of drug-likeness (QED) is 0.593. The molecule has 76 valence electrons. The molecular weight excluding hydrogens is 305 g/mol. The smallest absolute Gasteiger partial charge is 0.251 e. The van der Waals surface area contributed by atoms with E-state index in [1.807, 2.05) is 0 Å². The van der Waals surface area contributed by atoms with E-state index in [4.69, 9.17) is 69.6 Å². The van der Waals surface area contributed by atoms with Crippen molar-refractivity contribution in [3.63, 3.8) is 0 Å². The van der Waals surface area contributed by atoms with E-state index < -0.39 is 19.3 Å². The van der Waals surface area contributed by atoms with Crippen molar-refractivity contribution in [3.8, 4) is 0 Å². The summed E-state index contributed by atoms with van der Waals surface area (Å²) in [6, 6.07) is 0.